The van der Waals surface area contributed by atoms with Crippen molar-refractivity contribution in [3.8, 4) is 0 Å². The third-order valence-electron chi connectivity index (χ3n) is 3.55. The van der Waals surface area contributed by atoms with Crippen molar-refractivity contribution in [3.05, 3.63) is 12.2 Å². The highest BCUT2D eigenvalue weighted by Crippen LogP contribution is 2.56. The molecule has 0 aliphatic heterocycles. The first-order chi connectivity index (χ1) is 14.9. The molecule has 0 amide bonds. The average Bonchev–Trinajstić information content (AvgIpc) is 2.49. The lowest BCUT2D eigenvalue weighted by Gasteiger charge is -2.38. The highest BCUT2D eigenvalue weighted by atomic mass is 19.4. The summed E-state index contributed by atoms with van der Waals surface area (Å²) in [4.78, 5) is 22.5. The Morgan fingerprint density at radius 1 is 0.486 bits per heavy atom. The summed E-state index contributed by atoms with van der Waals surface area (Å²) < 4.78 is 232. The van der Waals surface area contributed by atoms with Crippen molar-refractivity contribution in [2.45, 2.75) is 54.7 Å². The molecule has 0 saturated heterocycles. The van der Waals surface area contributed by atoms with Crippen molar-refractivity contribution in [1.29, 1.82) is 0 Å². The number of alkyl halides is 18. The first-order valence-electron chi connectivity index (χ1n) is 7.44. The molecule has 0 aromatic carbocycles. The molecule has 0 radical (unpaired) electrons. The van der Waals surface area contributed by atoms with Gasteiger partial charge in [0.2, 0.25) is 0 Å². The molecule has 0 saturated carbocycles. The number of ether oxygens (including phenoxy) is 2. The maximum absolute atomic E-state index is 12.7. The Morgan fingerprint density at radius 2 is 0.714 bits per heavy atom. The van der Waals surface area contributed by atoms with E-state index in [1.54, 1.807) is 0 Å². The zero-order valence-electron chi connectivity index (χ0n) is 15.4. The van der Waals surface area contributed by atoms with Crippen LogP contribution in [-0.2, 0) is 19.1 Å². The van der Waals surface area contributed by atoms with Gasteiger partial charge in [-0.2, -0.15) is 79.0 Å². The van der Waals surface area contributed by atoms with E-state index < -0.39 is 72.2 Å². The number of hydrogen-bond acceptors (Lipinski definition) is 4. The fourth-order valence-corrected chi connectivity index (χ4v) is 1.98. The van der Waals surface area contributed by atoms with Crippen molar-refractivity contribution in [3.63, 3.8) is 0 Å². The van der Waals surface area contributed by atoms with Gasteiger partial charge in [-0.05, 0) is 0 Å². The number of carbonyl (C=O) groups excluding carboxylic acids is 2. The molecule has 0 aromatic rings. The molecular weight excluding hydrogens is 562 g/mol. The van der Waals surface area contributed by atoms with Gasteiger partial charge in [0.15, 0.2) is 0 Å². The van der Waals surface area contributed by atoms with E-state index in [0.717, 1.165) is 0 Å². The molecule has 0 aliphatic rings. The summed E-state index contributed by atoms with van der Waals surface area (Å²) >= 11 is 0. The maximum Gasteiger partial charge on any atom is 0.447 e. The Balaban J connectivity index is 6.27. The van der Waals surface area contributed by atoms with Crippen LogP contribution in [0.2, 0.25) is 0 Å². The molecule has 0 heterocycles. The second-order valence-corrected chi connectivity index (χ2v) is 5.99. The van der Waals surface area contributed by atoms with Crippen LogP contribution in [0.5, 0.6) is 0 Å². The number of halogens is 18. The minimum Gasteiger partial charge on any atom is -0.432 e. The van der Waals surface area contributed by atoms with Crippen LogP contribution in [0.15, 0.2) is 12.2 Å². The Bertz CT molecular complexity index is 746. The lowest BCUT2D eigenvalue weighted by atomic mass is 10.0. The standard InChI is InChI=1S/C13H4F18O4/c1-3(5(33)35-7(11(23,24)25,12(26,27)28)13(29,30)31)2-4(32)34-6(8(14,15)16,9(17,18)19)10(20,21)22/h1-2H2. The lowest BCUT2D eigenvalue weighted by molar-refractivity contribution is -0.447. The van der Waals surface area contributed by atoms with E-state index in [4.69, 9.17) is 0 Å². The number of esters is 2. The molecule has 0 aromatic heterocycles. The third kappa shape index (κ3) is 5.64. The summed E-state index contributed by atoms with van der Waals surface area (Å²) in [6.45, 7) is 2.02. The Labute approximate surface area is 178 Å². The second-order valence-electron chi connectivity index (χ2n) is 5.99. The Morgan fingerprint density at radius 3 is 0.943 bits per heavy atom. The van der Waals surface area contributed by atoms with Gasteiger partial charge in [-0.3, -0.25) is 4.79 Å². The average molecular weight is 566 g/mol. The quantitative estimate of drug-likeness (QED) is 0.238. The van der Waals surface area contributed by atoms with Gasteiger partial charge in [0.1, 0.15) is 0 Å². The van der Waals surface area contributed by atoms with Crippen LogP contribution in [-0.4, -0.2) is 60.2 Å². The van der Waals surface area contributed by atoms with Crippen LogP contribution in [0, 0.1) is 0 Å². The molecule has 0 aliphatic carbocycles. The molecule has 0 bridgehead atoms. The molecule has 0 rings (SSSR count). The fourth-order valence-electron chi connectivity index (χ4n) is 1.98. The van der Waals surface area contributed by atoms with Crippen molar-refractivity contribution in [2.75, 3.05) is 0 Å². The van der Waals surface area contributed by atoms with E-state index in [2.05, 4.69) is 9.47 Å². The smallest absolute Gasteiger partial charge is 0.432 e. The highest BCUT2D eigenvalue weighted by molar-refractivity contribution is 5.93. The molecule has 0 N–H and O–H groups in total. The van der Waals surface area contributed by atoms with Gasteiger partial charge in [0, 0.05) is 5.57 Å². The highest BCUT2D eigenvalue weighted by Gasteiger charge is 2.88. The SMILES string of the molecule is C=C(CC(=O)OC(C(F)(F)F)(C(F)(F)F)C(F)(F)F)C(=O)OC(C(F)(F)F)(C(F)(F)F)C(F)(F)F. The van der Waals surface area contributed by atoms with Gasteiger partial charge in [0.25, 0.3) is 0 Å². The number of rotatable bonds is 5. The van der Waals surface area contributed by atoms with Gasteiger partial charge in [-0.1, -0.05) is 6.58 Å². The van der Waals surface area contributed by atoms with Crippen LogP contribution in [0.1, 0.15) is 6.42 Å². The van der Waals surface area contributed by atoms with Gasteiger partial charge < -0.3 is 9.47 Å². The lowest BCUT2D eigenvalue weighted by Crippen LogP contribution is -2.68. The van der Waals surface area contributed by atoms with Gasteiger partial charge in [-0.15, -0.1) is 0 Å². The second kappa shape index (κ2) is 8.82. The molecular formula is C13H4F18O4. The van der Waals surface area contributed by atoms with Crippen LogP contribution < -0.4 is 0 Å². The first-order valence-corrected chi connectivity index (χ1v) is 7.44. The van der Waals surface area contributed by atoms with Crippen LogP contribution in [0.25, 0.3) is 0 Å². The fraction of sp³-hybridized carbons (Fsp3) is 0.692. The molecule has 206 valence electrons. The van der Waals surface area contributed by atoms with Crippen LogP contribution in [0.4, 0.5) is 79.0 Å². The number of hydrogen-bond donors (Lipinski definition) is 0. The van der Waals surface area contributed by atoms with Gasteiger partial charge in [0.05, 0.1) is 6.42 Å². The van der Waals surface area contributed by atoms with E-state index in [9.17, 15) is 88.6 Å². The zero-order chi connectivity index (χ0) is 28.9. The van der Waals surface area contributed by atoms with Crippen molar-refractivity contribution >= 4 is 11.9 Å². The van der Waals surface area contributed by atoms with Crippen molar-refractivity contribution in [2.24, 2.45) is 0 Å². The largest absolute Gasteiger partial charge is 0.447 e. The molecule has 0 atom stereocenters. The zero-order valence-corrected chi connectivity index (χ0v) is 15.4. The van der Waals surface area contributed by atoms with E-state index in [1.165, 1.54) is 0 Å². The van der Waals surface area contributed by atoms with E-state index in [0.29, 0.717) is 0 Å². The summed E-state index contributed by atoms with van der Waals surface area (Å²) in [5.74, 6) is -7.01. The van der Waals surface area contributed by atoms with E-state index in [1.807, 2.05) is 6.58 Å². The predicted molar refractivity (Wildman–Crippen MR) is 67.7 cm³/mol. The monoisotopic (exact) mass is 566 g/mol. The van der Waals surface area contributed by atoms with Gasteiger partial charge in [-0.25, -0.2) is 4.79 Å². The predicted octanol–water partition coefficient (Wildman–Crippen LogP) is 5.87. The summed E-state index contributed by atoms with van der Waals surface area (Å²) in [7, 11) is 0. The topological polar surface area (TPSA) is 52.6 Å². The van der Waals surface area contributed by atoms with Crippen LogP contribution >= 0.6 is 0 Å². The minimum atomic E-state index is -7.56. The molecule has 0 unspecified atom stereocenters. The molecule has 22 heteroatoms. The van der Waals surface area contributed by atoms with Gasteiger partial charge >= 0.3 is 60.2 Å². The number of carbonyl (C=O) groups is 2. The summed E-state index contributed by atoms with van der Waals surface area (Å²) in [5, 5.41) is 0. The van der Waals surface area contributed by atoms with E-state index in [-0.39, 0.29) is 0 Å². The van der Waals surface area contributed by atoms with Crippen molar-refractivity contribution < 1.29 is 98.1 Å². The summed E-state index contributed by atoms with van der Waals surface area (Å²) in [6, 6.07) is 0. The summed E-state index contributed by atoms with van der Waals surface area (Å²) in [6.07, 6.45) is -48.1. The molecule has 35 heavy (non-hydrogen) atoms. The van der Waals surface area contributed by atoms with Crippen LogP contribution in [0.3, 0.4) is 0 Å². The summed E-state index contributed by atoms with van der Waals surface area (Å²) in [5.41, 5.74) is -17.2. The Hall–Kier alpha value is -2.58. The molecule has 0 spiro atoms. The Kier molecular flexibility index (Phi) is 8.17. The first kappa shape index (κ1) is 32.4. The minimum absolute atomic E-state index is 2.02. The third-order valence-corrected chi connectivity index (χ3v) is 3.55. The molecule has 4 nitrogen and oxygen atoms in total. The normalized spacial score (nSPS) is 15.0. The van der Waals surface area contributed by atoms with E-state index >= 15 is 0 Å². The molecule has 0 fully saturated rings. The maximum atomic E-state index is 12.7. The van der Waals surface area contributed by atoms with Crippen molar-refractivity contribution in [1.82, 2.24) is 0 Å².